The molecular weight excluding hydrogens is 272 g/mol. The molecule has 2 fully saturated rings. The monoisotopic (exact) mass is 286 g/mol. The van der Waals surface area contributed by atoms with E-state index < -0.39 is 32.7 Å². The van der Waals surface area contributed by atoms with Gasteiger partial charge in [-0.2, -0.15) is 16.8 Å². The van der Waals surface area contributed by atoms with Crippen molar-refractivity contribution in [3.8, 4) is 0 Å². The van der Waals surface area contributed by atoms with Crippen molar-refractivity contribution in [3.05, 3.63) is 0 Å². The summed E-state index contributed by atoms with van der Waals surface area (Å²) >= 11 is 0. The van der Waals surface area contributed by atoms with Gasteiger partial charge in [-0.3, -0.25) is 4.18 Å². The third-order valence-corrected chi connectivity index (χ3v) is 5.21. The predicted octanol–water partition coefficient (Wildman–Crippen LogP) is -0.353. The van der Waals surface area contributed by atoms with Crippen molar-refractivity contribution in [2.75, 3.05) is 12.4 Å². The molecule has 0 saturated carbocycles. The summed E-state index contributed by atoms with van der Waals surface area (Å²) in [4.78, 5) is 0. The maximum Gasteiger partial charge on any atom is 0.400 e. The van der Waals surface area contributed by atoms with Crippen LogP contribution < -0.4 is 0 Å². The van der Waals surface area contributed by atoms with Crippen LogP contribution in [0.2, 0.25) is 0 Å². The summed E-state index contributed by atoms with van der Waals surface area (Å²) in [5.41, 5.74) is 0. The molecule has 0 bridgehead atoms. The van der Waals surface area contributed by atoms with Crippen molar-refractivity contribution in [1.29, 1.82) is 0 Å². The van der Waals surface area contributed by atoms with Crippen molar-refractivity contribution >= 4 is 20.5 Å². The van der Waals surface area contributed by atoms with E-state index in [1.807, 2.05) is 0 Å². The van der Waals surface area contributed by atoms with E-state index in [1.165, 1.54) is 0 Å². The van der Waals surface area contributed by atoms with Crippen LogP contribution in [0.5, 0.6) is 0 Å². The van der Waals surface area contributed by atoms with Gasteiger partial charge in [0.2, 0.25) is 0 Å². The molecule has 4 unspecified atom stereocenters. The lowest BCUT2D eigenvalue weighted by Crippen LogP contribution is -2.45. The van der Waals surface area contributed by atoms with Crippen LogP contribution in [0, 0.1) is 11.8 Å². The summed E-state index contributed by atoms with van der Waals surface area (Å²) in [6, 6.07) is 0. The van der Waals surface area contributed by atoms with Crippen molar-refractivity contribution in [2.45, 2.75) is 26.1 Å². The predicted molar refractivity (Wildman–Crippen MR) is 56.7 cm³/mol. The molecule has 2 aliphatic heterocycles. The first kappa shape index (κ1) is 13.2. The Balaban J connectivity index is 2.22. The molecule has 9 heteroatoms. The van der Waals surface area contributed by atoms with E-state index in [0.29, 0.717) is 0 Å². The van der Waals surface area contributed by atoms with Crippen LogP contribution in [-0.2, 0) is 33.1 Å². The first-order valence-electron chi connectivity index (χ1n) is 5.19. The Bertz CT molecular complexity index is 494. The number of rotatable bonds is 1. The second-order valence-electron chi connectivity index (χ2n) is 4.49. The van der Waals surface area contributed by atoms with E-state index >= 15 is 0 Å². The van der Waals surface area contributed by atoms with Crippen molar-refractivity contribution in [3.63, 3.8) is 0 Å². The molecule has 2 aliphatic rings. The fourth-order valence-corrected chi connectivity index (χ4v) is 4.58. The van der Waals surface area contributed by atoms with Crippen LogP contribution in [0.25, 0.3) is 0 Å². The van der Waals surface area contributed by atoms with Gasteiger partial charge in [-0.05, 0) is 0 Å². The lowest BCUT2D eigenvalue weighted by atomic mass is 9.93. The molecule has 0 spiro atoms. The van der Waals surface area contributed by atoms with Gasteiger partial charge in [-0.1, -0.05) is 13.8 Å². The molecule has 2 rings (SSSR count). The molecule has 0 aromatic heterocycles. The highest BCUT2D eigenvalue weighted by atomic mass is 32.3. The Kier molecular flexibility index (Phi) is 3.24. The zero-order valence-electron chi connectivity index (χ0n) is 9.40. The van der Waals surface area contributed by atoms with Gasteiger partial charge in [-0.15, -0.1) is 0 Å². The lowest BCUT2D eigenvalue weighted by molar-refractivity contribution is -0.0316. The van der Waals surface area contributed by atoms with Crippen molar-refractivity contribution < 1.29 is 29.4 Å². The van der Waals surface area contributed by atoms with E-state index in [0.717, 1.165) is 0 Å². The molecule has 2 heterocycles. The first-order valence-corrected chi connectivity index (χ1v) is 8.10. The zero-order chi connectivity index (χ0) is 12.8. The van der Waals surface area contributed by atoms with Crippen molar-refractivity contribution in [2.24, 2.45) is 11.8 Å². The van der Waals surface area contributed by atoms with Gasteiger partial charge >= 0.3 is 10.4 Å². The largest absolute Gasteiger partial charge is 0.400 e. The van der Waals surface area contributed by atoms with Gasteiger partial charge < -0.3 is 0 Å². The SMILES string of the molecule is CC1CS(=O)(=O)OC1C1OS(=O)(=O)OCC1C. The van der Waals surface area contributed by atoms with Crippen LogP contribution in [-0.4, -0.2) is 41.4 Å². The average Bonchev–Trinajstić information content (AvgIpc) is 2.44. The molecule has 0 radical (unpaired) electrons. The molecule has 7 nitrogen and oxygen atoms in total. The third kappa shape index (κ3) is 2.79. The highest BCUT2D eigenvalue weighted by Crippen LogP contribution is 2.33. The first-order chi connectivity index (χ1) is 7.70. The lowest BCUT2D eigenvalue weighted by Gasteiger charge is -2.32. The average molecular weight is 286 g/mol. The van der Waals surface area contributed by atoms with E-state index in [-0.39, 0.29) is 24.2 Å². The van der Waals surface area contributed by atoms with Gasteiger partial charge in [0, 0.05) is 11.8 Å². The summed E-state index contributed by atoms with van der Waals surface area (Å²) in [6.07, 6.45) is -1.59. The smallest absolute Gasteiger partial charge is 0.264 e. The second kappa shape index (κ2) is 4.16. The fourth-order valence-electron chi connectivity index (χ4n) is 2.02. The van der Waals surface area contributed by atoms with E-state index in [9.17, 15) is 16.8 Å². The maximum absolute atomic E-state index is 11.3. The Morgan fingerprint density at radius 1 is 0.941 bits per heavy atom. The second-order valence-corrected chi connectivity index (χ2v) is 7.38. The molecule has 4 atom stereocenters. The highest BCUT2D eigenvalue weighted by molar-refractivity contribution is 7.87. The summed E-state index contributed by atoms with van der Waals surface area (Å²) in [6.45, 7) is 3.38. The van der Waals surface area contributed by atoms with Crippen LogP contribution in [0.3, 0.4) is 0 Å². The molecule has 0 aromatic rings. The Labute approximate surface area is 101 Å². The molecule has 100 valence electrons. The quantitative estimate of drug-likeness (QED) is 0.608. The standard InChI is InChI=1S/C8H14O7S2/c1-5-3-13-17(11,12)15-7(5)8-6(2)4-16(9,10)14-8/h5-8H,3-4H2,1-2H3. The summed E-state index contributed by atoms with van der Waals surface area (Å²) in [5.74, 6) is -0.675. The Hall–Kier alpha value is -0.220. The fraction of sp³-hybridized carbons (Fsp3) is 1.00. The Morgan fingerprint density at radius 2 is 1.53 bits per heavy atom. The third-order valence-electron chi connectivity index (χ3n) is 2.87. The van der Waals surface area contributed by atoms with Crippen LogP contribution in [0.15, 0.2) is 0 Å². The van der Waals surface area contributed by atoms with Crippen LogP contribution in [0.1, 0.15) is 13.8 Å². The van der Waals surface area contributed by atoms with Crippen LogP contribution >= 0.6 is 0 Å². The van der Waals surface area contributed by atoms with Gasteiger partial charge in [0.15, 0.2) is 0 Å². The minimum Gasteiger partial charge on any atom is -0.264 e. The van der Waals surface area contributed by atoms with Crippen LogP contribution in [0.4, 0.5) is 0 Å². The van der Waals surface area contributed by atoms with E-state index in [2.05, 4.69) is 4.18 Å². The van der Waals surface area contributed by atoms with Gasteiger partial charge in [0.25, 0.3) is 10.1 Å². The van der Waals surface area contributed by atoms with Gasteiger partial charge in [-0.25, -0.2) is 8.37 Å². The molecule has 0 aromatic carbocycles. The normalized spacial score (nSPS) is 44.6. The van der Waals surface area contributed by atoms with E-state index in [4.69, 9.17) is 8.37 Å². The molecule has 0 amide bonds. The van der Waals surface area contributed by atoms with E-state index in [1.54, 1.807) is 13.8 Å². The minimum absolute atomic E-state index is 0.0281. The summed E-state index contributed by atoms with van der Waals surface area (Å²) in [7, 11) is -7.61. The molecule has 17 heavy (non-hydrogen) atoms. The minimum atomic E-state index is -4.04. The molecule has 0 aliphatic carbocycles. The number of hydrogen-bond acceptors (Lipinski definition) is 7. The molecule has 0 N–H and O–H groups in total. The number of hydrogen-bond donors (Lipinski definition) is 0. The summed E-state index contributed by atoms with van der Waals surface area (Å²) < 4.78 is 59.2. The van der Waals surface area contributed by atoms with Crippen molar-refractivity contribution in [1.82, 2.24) is 0 Å². The topological polar surface area (TPSA) is 96.0 Å². The Morgan fingerprint density at radius 3 is 2.06 bits per heavy atom. The molecule has 2 saturated heterocycles. The zero-order valence-corrected chi connectivity index (χ0v) is 11.0. The molecular formula is C8H14O7S2. The maximum atomic E-state index is 11.3. The van der Waals surface area contributed by atoms with Gasteiger partial charge in [0.05, 0.1) is 12.4 Å². The highest BCUT2D eigenvalue weighted by Gasteiger charge is 2.47. The van der Waals surface area contributed by atoms with Gasteiger partial charge in [0.1, 0.15) is 12.2 Å². The summed E-state index contributed by atoms with van der Waals surface area (Å²) in [5, 5.41) is 0.